The van der Waals surface area contributed by atoms with Crippen molar-refractivity contribution in [1.29, 1.82) is 0 Å². The van der Waals surface area contributed by atoms with Crippen molar-refractivity contribution >= 4 is 0 Å². The zero-order valence-electron chi connectivity index (χ0n) is 12.0. The Balaban J connectivity index is 1.71. The van der Waals surface area contributed by atoms with Crippen LogP contribution in [0, 0.1) is 29.1 Å². The zero-order valence-corrected chi connectivity index (χ0v) is 12.0. The SMILES string of the molecule is C[C@@]12CCC[C@H]1[C@@H]1C=CC3=CCCC(O)[C@@H]3[C@H]1CC2. The molecule has 0 radical (unpaired) electrons. The molecule has 4 rings (SSSR count). The number of aliphatic hydroxyl groups is 1. The fourth-order valence-electron chi connectivity index (χ4n) is 5.80. The summed E-state index contributed by atoms with van der Waals surface area (Å²) in [5.74, 6) is 2.81. The van der Waals surface area contributed by atoms with Crippen molar-refractivity contribution in [1.82, 2.24) is 0 Å². The molecule has 1 unspecified atom stereocenters. The van der Waals surface area contributed by atoms with Gasteiger partial charge in [0.1, 0.15) is 0 Å². The minimum Gasteiger partial charge on any atom is -0.392 e. The Bertz CT molecular complexity index is 435. The van der Waals surface area contributed by atoms with Crippen molar-refractivity contribution in [2.24, 2.45) is 29.1 Å². The minimum atomic E-state index is -0.0804. The molecule has 0 bridgehead atoms. The van der Waals surface area contributed by atoms with E-state index in [1.54, 1.807) is 0 Å². The van der Waals surface area contributed by atoms with Gasteiger partial charge in [-0.2, -0.15) is 0 Å². The van der Waals surface area contributed by atoms with Crippen LogP contribution in [0.2, 0.25) is 0 Å². The van der Waals surface area contributed by atoms with E-state index < -0.39 is 0 Å². The minimum absolute atomic E-state index is 0.0804. The average molecular weight is 258 g/mol. The molecule has 0 aromatic carbocycles. The molecule has 0 aromatic heterocycles. The first-order chi connectivity index (χ1) is 9.19. The lowest BCUT2D eigenvalue weighted by atomic mass is 9.54. The van der Waals surface area contributed by atoms with Crippen LogP contribution in [0.5, 0.6) is 0 Å². The molecule has 0 aromatic rings. The highest BCUT2D eigenvalue weighted by molar-refractivity contribution is 5.32. The zero-order chi connectivity index (χ0) is 13.0. The third-order valence-electron chi connectivity index (χ3n) is 6.78. The lowest BCUT2D eigenvalue weighted by Gasteiger charge is -2.51. The maximum Gasteiger partial charge on any atom is 0.0614 e. The topological polar surface area (TPSA) is 20.2 Å². The second-order valence-electron chi connectivity index (χ2n) is 7.67. The summed E-state index contributed by atoms with van der Waals surface area (Å²) >= 11 is 0. The fraction of sp³-hybridized carbons (Fsp3) is 0.778. The van der Waals surface area contributed by atoms with Crippen molar-refractivity contribution in [2.75, 3.05) is 0 Å². The molecule has 4 aliphatic carbocycles. The number of aliphatic hydroxyl groups excluding tert-OH is 1. The van der Waals surface area contributed by atoms with E-state index in [-0.39, 0.29) is 6.10 Å². The van der Waals surface area contributed by atoms with Gasteiger partial charge < -0.3 is 5.11 Å². The Morgan fingerprint density at radius 2 is 2.11 bits per heavy atom. The normalized spacial score (nSPS) is 52.1. The van der Waals surface area contributed by atoms with Crippen molar-refractivity contribution < 1.29 is 5.11 Å². The Morgan fingerprint density at radius 1 is 1.21 bits per heavy atom. The summed E-state index contributed by atoms with van der Waals surface area (Å²) in [6, 6.07) is 0. The van der Waals surface area contributed by atoms with Gasteiger partial charge in [-0.05, 0) is 67.3 Å². The van der Waals surface area contributed by atoms with Crippen LogP contribution in [-0.2, 0) is 0 Å². The predicted octanol–water partition coefficient (Wildman–Crippen LogP) is 4.09. The smallest absolute Gasteiger partial charge is 0.0614 e. The van der Waals surface area contributed by atoms with Crippen LogP contribution < -0.4 is 0 Å². The second kappa shape index (κ2) is 4.22. The van der Waals surface area contributed by atoms with E-state index in [1.807, 2.05) is 0 Å². The number of fused-ring (bicyclic) bond motifs is 5. The van der Waals surface area contributed by atoms with Crippen LogP contribution >= 0.6 is 0 Å². The highest BCUT2D eigenvalue weighted by Gasteiger charge is 2.52. The molecule has 0 aliphatic heterocycles. The van der Waals surface area contributed by atoms with E-state index in [1.165, 1.54) is 37.7 Å². The van der Waals surface area contributed by atoms with Gasteiger partial charge in [-0.15, -0.1) is 0 Å². The summed E-state index contributed by atoms with van der Waals surface area (Å²) in [5.41, 5.74) is 2.05. The monoisotopic (exact) mass is 258 g/mol. The van der Waals surface area contributed by atoms with Crippen LogP contribution in [-0.4, -0.2) is 11.2 Å². The molecule has 1 nitrogen and oxygen atoms in total. The molecule has 1 heteroatoms. The van der Waals surface area contributed by atoms with Gasteiger partial charge in [0.15, 0.2) is 0 Å². The molecule has 0 saturated heterocycles. The van der Waals surface area contributed by atoms with Gasteiger partial charge in [-0.1, -0.05) is 31.6 Å². The molecular formula is C18H26O. The molecule has 0 heterocycles. The maximum atomic E-state index is 10.5. The van der Waals surface area contributed by atoms with E-state index in [0.717, 1.165) is 30.6 Å². The molecule has 6 atom stereocenters. The van der Waals surface area contributed by atoms with E-state index in [9.17, 15) is 5.11 Å². The highest BCUT2D eigenvalue weighted by Crippen LogP contribution is 2.60. The molecule has 2 saturated carbocycles. The first kappa shape index (κ1) is 12.2. The van der Waals surface area contributed by atoms with E-state index in [2.05, 4.69) is 25.2 Å². The molecular weight excluding hydrogens is 232 g/mol. The van der Waals surface area contributed by atoms with Crippen molar-refractivity contribution in [3.8, 4) is 0 Å². The first-order valence-corrected chi connectivity index (χ1v) is 8.25. The van der Waals surface area contributed by atoms with Gasteiger partial charge in [0, 0.05) is 5.92 Å². The molecule has 19 heavy (non-hydrogen) atoms. The number of rotatable bonds is 0. The van der Waals surface area contributed by atoms with Gasteiger partial charge >= 0.3 is 0 Å². The molecule has 4 aliphatic rings. The van der Waals surface area contributed by atoms with Crippen LogP contribution in [0.1, 0.15) is 51.9 Å². The lowest BCUT2D eigenvalue weighted by molar-refractivity contribution is -0.00489. The molecule has 0 amide bonds. The third kappa shape index (κ3) is 1.70. The van der Waals surface area contributed by atoms with E-state index >= 15 is 0 Å². The lowest BCUT2D eigenvalue weighted by Crippen LogP contribution is -2.45. The summed E-state index contributed by atoms with van der Waals surface area (Å²) in [7, 11) is 0. The Labute approximate surface area is 116 Å². The second-order valence-corrected chi connectivity index (χ2v) is 7.67. The Morgan fingerprint density at radius 3 is 3.00 bits per heavy atom. The first-order valence-electron chi connectivity index (χ1n) is 8.25. The molecule has 2 fully saturated rings. The average Bonchev–Trinajstić information content (AvgIpc) is 2.80. The summed E-state index contributed by atoms with van der Waals surface area (Å²) in [6.07, 6.45) is 16.2. The van der Waals surface area contributed by atoms with Crippen molar-refractivity contribution in [3.63, 3.8) is 0 Å². The van der Waals surface area contributed by atoms with Crippen molar-refractivity contribution in [3.05, 3.63) is 23.8 Å². The van der Waals surface area contributed by atoms with Gasteiger partial charge in [0.05, 0.1) is 6.10 Å². The van der Waals surface area contributed by atoms with Crippen molar-refractivity contribution in [2.45, 2.75) is 58.0 Å². The van der Waals surface area contributed by atoms with Gasteiger partial charge in [-0.3, -0.25) is 0 Å². The number of hydrogen-bond donors (Lipinski definition) is 1. The van der Waals surface area contributed by atoms with E-state index in [4.69, 9.17) is 0 Å². The Hall–Kier alpha value is -0.560. The summed E-state index contributed by atoms with van der Waals surface area (Å²) in [4.78, 5) is 0. The standard InChI is InChI=1S/C18H26O/c1-18-10-3-5-15(18)13-8-7-12-4-2-6-16(19)17(12)14(13)9-11-18/h4,7-8,13-17,19H,2-3,5-6,9-11H2,1H3/t13-,14+,15+,16?,17+,18+/m1/s1. The Kier molecular flexibility index (Phi) is 2.71. The third-order valence-corrected chi connectivity index (χ3v) is 6.78. The van der Waals surface area contributed by atoms with Gasteiger partial charge in [0.25, 0.3) is 0 Å². The fourth-order valence-corrected chi connectivity index (χ4v) is 5.80. The van der Waals surface area contributed by atoms with Crippen LogP contribution in [0.4, 0.5) is 0 Å². The summed E-state index contributed by atoms with van der Waals surface area (Å²) < 4.78 is 0. The largest absolute Gasteiger partial charge is 0.392 e. The summed E-state index contributed by atoms with van der Waals surface area (Å²) in [5, 5.41) is 10.5. The predicted molar refractivity (Wildman–Crippen MR) is 77.6 cm³/mol. The van der Waals surface area contributed by atoms with Crippen LogP contribution in [0.15, 0.2) is 23.8 Å². The van der Waals surface area contributed by atoms with Crippen LogP contribution in [0.3, 0.4) is 0 Å². The van der Waals surface area contributed by atoms with Gasteiger partial charge in [0.2, 0.25) is 0 Å². The molecule has 0 spiro atoms. The number of allylic oxidation sites excluding steroid dienone is 3. The maximum absolute atomic E-state index is 10.5. The highest BCUT2D eigenvalue weighted by atomic mass is 16.3. The van der Waals surface area contributed by atoms with Crippen LogP contribution in [0.25, 0.3) is 0 Å². The summed E-state index contributed by atoms with van der Waals surface area (Å²) in [6.45, 7) is 2.53. The quantitative estimate of drug-likeness (QED) is 0.694. The van der Waals surface area contributed by atoms with Gasteiger partial charge in [-0.25, -0.2) is 0 Å². The van der Waals surface area contributed by atoms with E-state index in [0.29, 0.717) is 11.3 Å². The number of hydrogen-bond acceptors (Lipinski definition) is 1. The molecule has 1 N–H and O–H groups in total. The molecule has 104 valence electrons.